The molecule has 0 aromatic heterocycles. The molecular formula is C32H53N3O5. The van der Waals surface area contributed by atoms with Gasteiger partial charge in [0.15, 0.2) is 0 Å². The van der Waals surface area contributed by atoms with Gasteiger partial charge in [0.05, 0.1) is 30.4 Å². The molecule has 0 unspecified atom stereocenters. The highest BCUT2D eigenvalue weighted by Crippen LogP contribution is 2.30. The van der Waals surface area contributed by atoms with Crippen molar-refractivity contribution >= 4 is 17.5 Å². The molecule has 1 fully saturated rings. The molecule has 1 heterocycles. The first-order valence-electron chi connectivity index (χ1n) is 15.6. The van der Waals surface area contributed by atoms with E-state index in [1.807, 2.05) is 26.0 Å². The van der Waals surface area contributed by atoms with E-state index in [9.17, 15) is 14.7 Å². The standard InChI is InChI=1S/C32H53N3O5/c1-6-17-34(5)21-30-23(2)20-35(24(3)22-36)32(38)28-19-27(33-31(37)26-13-8-7-9-14-26)15-16-29(28)40-25(4)12-10-11-18-39-30/h15-16,19,23-26,30,36H,6-14,17-18,20-22H2,1-5H3,(H,33,37)/t23-,24+,25+,30-/m1/s1. The molecule has 2 aliphatic rings. The van der Waals surface area contributed by atoms with Crippen LogP contribution in [0.1, 0.15) is 95.8 Å². The lowest BCUT2D eigenvalue weighted by molar-refractivity contribution is -0.120. The average Bonchev–Trinajstić information content (AvgIpc) is 2.95. The van der Waals surface area contributed by atoms with Crippen LogP contribution in [0.2, 0.25) is 0 Å². The average molecular weight is 560 g/mol. The summed E-state index contributed by atoms with van der Waals surface area (Å²) < 4.78 is 12.7. The van der Waals surface area contributed by atoms with Crippen molar-refractivity contribution in [2.45, 2.75) is 104 Å². The third-order valence-electron chi connectivity index (χ3n) is 8.39. The summed E-state index contributed by atoms with van der Waals surface area (Å²) in [5.41, 5.74) is 1.02. The van der Waals surface area contributed by atoms with Gasteiger partial charge in [0, 0.05) is 37.2 Å². The van der Waals surface area contributed by atoms with Crippen LogP contribution in [0, 0.1) is 11.8 Å². The van der Waals surface area contributed by atoms with Gasteiger partial charge in [0.2, 0.25) is 5.91 Å². The molecule has 40 heavy (non-hydrogen) atoms. The Hall–Kier alpha value is -2.16. The lowest BCUT2D eigenvalue weighted by atomic mass is 9.88. The number of carbonyl (C=O) groups is 2. The number of ether oxygens (including phenoxy) is 2. The molecule has 4 atom stereocenters. The van der Waals surface area contributed by atoms with Crippen molar-refractivity contribution in [3.63, 3.8) is 0 Å². The fourth-order valence-corrected chi connectivity index (χ4v) is 5.85. The summed E-state index contributed by atoms with van der Waals surface area (Å²) >= 11 is 0. The minimum absolute atomic E-state index is 0.0175. The molecule has 0 bridgehead atoms. The maximum absolute atomic E-state index is 14.2. The minimum atomic E-state index is -0.386. The van der Waals surface area contributed by atoms with E-state index >= 15 is 0 Å². The second-order valence-electron chi connectivity index (χ2n) is 12.1. The van der Waals surface area contributed by atoms with Gasteiger partial charge in [0.25, 0.3) is 5.91 Å². The molecule has 2 amide bonds. The maximum Gasteiger partial charge on any atom is 0.258 e. The summed E-state index contributed by atoms with van der Waals surface area (Å²) in [4.78, 5) is 31.2. The second kappa shape index (κ2) is 16.3. The molecule has 8 nitrogen and oxygen atoms in total. The van der Waals surface area contributed by atoms with Crippen molar-refractivity contribution in [1.29, 1.82) is 0 Å². The number of likely N-dealkylation sites (N-methyl/N-ethyl adjacent to an activating group) is 1. The number of fused-ring (bicyclic) bond motifs is 1. The van der Waals surface area contributed by atoms with Crippen LogP contribution < -0.4 is 10.1 Å². The minimum Gasteiger partial charge on any atom is -0.490 e. The molecule has 0 radical (unpaired) electrons. The van der Waals surface area contributed by atoms with E-state index in [-0.39, 0.29) is 48.5 Å². The number of hydrogen-bond donors (Lipinski definition) is 2. The summed E-state index contributed by atoms with van der Waals surface area (Å²) in [6, 6.07) is 5.01. The van der Waals surface area contributed by atoms with Crippen LogP contribution in [0.15, 0.2) is 18.2 Å². The molecule has 226 valence electrons. The first-order chi connectivity index (χ1) is 19.2. The van der Waals surface area contributed by atoms with Crippen molar-refractivity contribution in [1.82, 2.24) is 9.80 Å². The van der Waals surface area contributed by atoms with E-state index in [0.717, 1.165) is 64.5 Å². The molecule has 0 spiro atoms. The van der Waals surface area contributed by atoms with Crippen LogP contribution >= 0.6 is 0 Å². The quantitative estimate of drug-likeness (QED) is 0.447. The van der Waals surface area contributed by atoms with Gasteiger partial charge in [-0.25, -0.2) is 0 Å². The SMILES string of the molecule is CCCN(C)C[C@H]1OCCCC[C@H](C)Oc2ccc(NC(=O)C3CCCCC3)cc2C(=O)N([C@@H](C)CO)C[C@H]1C. The lowest BCUT2D eigenvalue weighted by Gasteiger charge is -2.36. The highest BCUT2D eigenvalue weighted by atomic mass is 16.5. The third kappa shape index (κ3) is 9.45. The van der Waals surface area contributed by atoms with Crippen molar-refractivity contribution in [2.24, 2.45) is 11.8 Å². The summed E-state index contributed by atoms with van der Waals surface area (Å²) in [7, 11) is 2.11. The molecule has 2 N–H and O–H groups in total. The van der Waals surface area contributed by atoms with Gasteiger partial charge in [-0.3, -0.25) is 9.59 Å². The van der Waals surface area contributed by atoms with E-state index in [1.165, 1.54) is 6.42 Å². The van der Waals surface area contributed by atoms with E-state index in [4.69, 9.17) is 9.47 Å². The molecule has 3 rings (SSSR count). The molecule has 1 aromatic rings. The normalized spacial score (nSPS) is 24.6. The molecule has 8 heteroatoms. The van der Waals surface area contributed by atoms with Gasteiger partial charge in [-0.15, -0.1) is 0 Å². The number of rotatable bonds is 8. The largest absolute Gasteiger partial charge is 0.490 e. The molecule has 1 aliphatic carbocycles. The van der Waals surface area contributed by atoms with Gasteiger partial charge in [0.1, 0.15) is 5.75 Å². The zero-order chi connectivity index (χ0) is 29.1. The van der Waals surface area contributed by atoms with E-state index in [2.05, 4.69) is 31.1 Å². The number of aliphatic hydroxyl groups is 1. The molecule has 1 aliphatic heterocycles. The highest BCUT2D eigenvalue weighted by molar-refractivity contribution is 6.00. The van der Waals surface area contributed by atoms with Crippen LogP contribution in [0.5, 0.6) is 5.75 Å². The molecular weight excluding hydrogens is 506 g/mol. The zero-order valence-electron chi connectivity index (χ0n) is 25.5. The van der Waals surface area contributed by atoms with Gasteiger partial charge in [-0.1, -0.05) is 33.1 Å². The van der Waals surface area contributed by atoms with Crippen molar-refractivity contribution < 1.29 is 24.2 Å². The first-order valence-corrected chi connectivity index (χ1v) is 15.6. The van der Waals surface area contributed by atoms with Crippen molar-refractivity contribution in [2.75, 3.05) is 45.2 Å². The molecule has 1 saturated carbocycles. The summed E-state index contributed by atoms with van der Waals surface area (Å²) in [6.45, 7) is 10.9. The Kier molecular flexibility index (Phi) is 13.2. The van der Waals surface area contributed by atoms with Gasteiger partial charge in [-0.2, -0.15) is 0 Å². The Morgan fingerprint density at radius 3 is 2.58 bits per heavy atom. The van der Waals surface area contributed by atoms with E-state index in [0.29, 0.717) is 30.2 Å². The predicted molar refractivity (Wildman–Crippen MR) is 160 cm³/mol. The van der Waals surface area contributed by atoms with Crippen LogP contribution in [0.3, 0.4) is 0 Å². The first kappa shape index (κ1) is 32.4. The van der Waals surface area contributed by atoms with E-state index in [1.54, 1.807) is 11.0 Å². The molecule has 0 saturated heterocycles. The fourth-order valence-electron chi connectivity index (χ4n) is 5.85. The number of amides is 2. The number of aliphatic hydroxyl groups excluding tert-OH is 1. The summed E-state index contributed by atoms with van der Waals surface area (Å²) in [6.07, 6.45) is 8.89. The zero-order valence-corrected chi connectivity index (χ0v) is 25.5. The predicted octanol–water partition coefficient (Wildman–Crippen LogP) is 5.34. The van der Waals surface area contributed by atoms with Crippen molar-refractivity contribution in [3.05, 3.63) is 23.8 Å². The third-order valence-corrected chi connectivity index (χ3v) is 8.39. The lowest BCUT2D eigenvalue weighted by Crippen LogP contribution is -2.47. The van der Waals surface area contributed by atoms with Gasteiger partial charge >= 0.3 is 0 Å². The Balaban J connectivity index is 1.92. The highest BCUT2D eigenvalue weighted by Gasteiger charge is 2.30. The van der Waals surface area contributed by atoms with Gasteiger partial charge < -0.3 is 29.7 Å². The van der Waals surface area contributed by atoms with Crippen LogP contribution in [-0.4, -0.2) is 84.9 Å². The Labute approximate surface area is 241 Å². The number of benzene rings is 1. The topological polar surface area (TPSA) is 91.3 Å². The Morgan fingerprint density at radius 1 is 1.15 bits per heavy atom. The Morgan fingerprint density at radius 2 is 1.88 bits per heavy atom. The smallest absolute Gasteiger partial charge is 0.258 e. The number of nitrogens with zero attached hydrogens (tertiary/aromatic N) is 2. The number of anilines is 1. The fraction of sp³-hybridized carbons (Fsp3) is 0.750. The number of nitrogens with one attached hydrogen (secondary N) is 1. The number of carbonyl (C=O) groups excluding carboxylic acids is 2. The Bertz CT molecular complexity index is 935. The van der Waals surface area contributed by atoms with Gasteiger partial charge in [-0.05, 0) is 84.2 Å². The number of hydrogen-bond acceptors (Lipinski definition) is 6. The van der Waals surface area contributed by atoms with E-state index < -0.39 is 0 Å². The van der Waals surface area contributed by atoms with Crippen LogP contribution in [0.25, 0.3) is 0 Å². The van der Waals surface area contributed by atoms with Crippen molar-refractivity contribution in [3.8, 4) is 5.75 Å². The van der Waals surface area contributed by atoms with Crippen LogP contribution in [-0.2, 0) is 9.53 Å². The molecule has 1 aromatic carbocycles. The second-order valence-corrected chi connectivity index (χ2v) is 12.1. The summed E-state index contributed by atoms with van der Waals surface area (Å²) in [5.74, 6) is 0.403. The maximum atomic E-state index is 14.2. The summed E-state index contributed by atoms with van der Waals surface area (Å²) in [5, 5.41) is 13.2. The van der Waals surface area contributed by atoms with Crippen LogP contribution in [0.4, 0.5) is 5.69 Å². The monoisotopic (exact) mass is 559 g/mol.